The van der Waals surface area contributed by atoms with E-state index >= 15 is 0 Å². The molecule has 0 radical (unpaired) electrons. The first-order chi connectivity index (χ1) is 23.8. The van der Waals surface area contributed by atoms with Crippen LogP contribution in [0.2, 0.25) is 0 Å². The van der Waals surface area contributed by atoms with Crippen molar-refractivity contribution in [2.24, 2.45) is 0 Å². The maximum Gasteiger partial charge on any atom is 0.308 e. The van der Waals surface area contributed by atoms with Crippen LogP contribution >= 0.6 is 0 Å². The molecule has 5 atom stereocenters. The second-order valence-corrected chi connectivity index (χ2v) is 11.5. The zero-order valence-electron chi connectivity index (χ0n) is 29.1. The fraction of sp³-hybridized carbons (Fsp3) is 0.618. The topological polar surface area (TPSA) is 208 Å². The third kappa shape index (κ3) is 15.3. The number of unbranched alkanes of at least 4 members (excludes halogenated alkanes) is 4. The quantitative estimate of drug-likeness (QED) is 0.113. The lowest BCUT2D eigenvalue weighted by atomic mass is 9.95. The van der Waals surface area contributed by atoms with Crippen LogP contribution in [0.3, 0.4) is 0 Å². The van der Waals surface area contributed by atoms with Crippen molar-refractivity contribution in [2.45, 2.75) is 109 Å². The van der Waals surface area contributed by atoms with Crippen molar-refractivity contribution in [3.05, 3.63) is 35.9 Å². The van der Waals surface area contributed by atoms with Crippen LogP contribution < -0.4 is 10.6 Å². The Morgan fingerprint density at radius 3 is 1.92 bits per heavy atom. The summed E-state index contributed by atoms with van der Waals surface area (Å²) in [5.74, 6) is -4.31. The van der Waals surface area contributed by atoms with E-state index in [0.29, 0.717) is 24.9 Å². The highest BCUT2D eigenvalue weighted by molar-refractivity contribution is 5.94. The molecule has 1 aromatic carbocycles. The van der Waals surface area contributed by atoms with Crippen LogP contribution in [-0.2, 0) is 61.9 Å². The standard InChI is InChI=1S/C34H48N2O14/c1-21(37)46-20-26-31(47-22(2)38)32(48-23(3)39)30(34(50-26)49-25(18-28(41)44-4)19-29(42)45-5)36-27(40)16-12-7-6-8-13-17-35-33(43)24-14-10-9-11-15-24/h9-11,14-15,25-26,30-32,34H,6-8,12-13,16-20H2,1-5H3,(H,35,43)(H,36,40)/t26-,30-,31-,32-,34+/m1/s1. The fourth-order valence-electron chi connectivity index (χ4n) is 5.16. The maximum absolute atomic E-state index is 13.3. The number of hydrogen-bond donors (Lipinski definition) is 2. The maximum atomic E-state index is 13.3. The molecule has 2 amide bonds. The number of nitrogens with one attached hydrogen (secondary N) is 2. The van der Waals surface area contributed by atoms with E-state index in [1.165, 1.54) is 0 Å². The second kappa shape index (κ2) is 22.2. The first-order valence-electron chi connectivity index (χ1n) is 16.4. The minimum absolute atomic E-state index is 0.0591. The minimum atomic E-state index is -1.50. The molecule has 1 saturated heterocycles. The highest BCUT2D eigenvalue weighted by atomic mass is 16.7. The molecule has 0 bridgehead atoms. The molecule has 1 heterocycles. The van der Waals surface area contributed by atoms with Gasteiger partial charge in [-0.1, -0.05) is 37.5 Å². The van der Waals surface area contributed by atoms with Crippen molar-refractivity contribution in [3.8, 4) is 0 Å². The van der Waals surface area contributed by atoms with Crippen molar-refractivity contribution in [1.82, 2.24) is 10.6 Å². The first-order valence-corrected chi connectivity index (χ1v) is 16.4. The molecular formula is C34H48N2O14. The molecule has 0 aromatic heterocycles. The van der Waals surface area contributed by atoms with Gasteiger partial charge in [-0.25, -0.2) is 0 Å². The highest BCUT2D eigenvalue weighted by Crippen LogP contribution is 2.30. The van der Waals surface area contributed by atoms with E-state index in [9.17, 15) is 33.6 Å². The Kier molecular flexibility index (Phi) is 18.5. The summed E-state index contributed by atoms with van der Waals surface area (Å²) in [6.07, 6.45) is -3.87. The van der Waals surface area contributed by atoms with Gasteiger partial charge in [0.25, 0.3) is 5.91 Å². The van der Waals surface area contributed by atoms with Crippen LogP contribution in [0.15, 0.2) is 30.3 Å². The van der Waals surface area contributed by atoms with E-state index in [0.717, 1.165) is 54.3 Å². The van der Waals surface area contributed by atoms with Gasteiger partial charge in [-0.05, 0) is 25.0 Å². The monoisotopic (exact) mass is 708 g/mol. The average molecular weight is 709 g/mol. The Bertz CT molecular complexity index is 1270. The van der Waals surface area contributed by atoms with Crippen molar-refractivity contribution in [2.75, 3.05) is 27.4 Å². The minimum Gasteiger partial charge on any atom is -0.469 e. The molecular weight excluding hydrogens is 660 g/mol. The van der Waals surface area contributed by atoms with Crippen molar-refractivity contribution in [1.29, 1.82) is 0 Å². The van der Waals surface area contributed by atoms with Gasteiger partial charge >= 0.3 is 29.8 Å². The molecule has 16 heteroatoms. The number of carbonyl (C=O) groups is 7. The summed E-state index contributed by atoms with van der Waals surface area (Å²) in [6.45, 7) is 3.44. The lowest BCUT2D eigenvalue weighted by Gasteiger charge is -2.45. The predicted molar refractivity (Wildman–Crippen MR) is 173 cm³/mol. The zero-order valence-corrected chi connectivity index (χ0v) is 29.1. The number of hydrogen-bond acceptors (Lipinski definition) is 14. The van der Waals surface area contributed by atoms with Crippen LogP contribution in [0.25, 0.3) is 0 Å². The molecule has 1 aliphatic heterocycles. The van der Waals surface area contributed by atoms with E-state index in [1.807, 2.05) is 6.07 Å². The Labute approximate surface area is 291 Å². The van der Waals surface area contributed by atoms with Crippen LogP contribution in [0.5, 0.6) is 0 Å². The van der Waals surface area contributed by atoms with Crippen molar-refractivity contribution >= 4 is 41.7 Å². The number of carbonyl (C=O) groups excluding carboxylic acids is 7. The van der Waals surface area contributed by atoms with E-state index in [4.69, 9.17) is 33.2 Å². The molecule has 0 unspecified atom stereocenters. The Morgan fingerprint density at radius 1 is 0.760 bits per heavy atom. The fourth-order valence-corrected chi connectivity index (χ4v) is 5.16. The lowest BCUT2D eigenvalue weighted by Crippen LogP contribution is -2.67. The molecule has 16 nitrogen and oxygen atoms in total. The lowest BCUT2D eigenvalue weighted by molar-refractivity contribution is -0.288. The third-order valence-corrected chi connectivity index (χ3v) is 7.50. The molecule has 0 saturated carbocycles. The van der Waals surface area contributed by atoms with Gasteiger partial charge in [-0.2, -0.15) is 0 Å². The Morgan fingerprint density at radius 2 is 1.34 bits per heavy atom. The molecule has 1 aromatic rings. The smallest absolute Gasteiger partial charge is 0.308 e. The normalized spacial score (nSPS) is 19.8. The summed E-state index contributed by atoms with van der Waals surface area (Å²) in [7, 11) is 2.30. The predicted octanol–water partition coefficient (Wildman–Crippen LogP) is 1.90. The summed E-state index contributed by atoms with van der Waals surface area (Å²) in [4.78, 5) is 85.8. The van der Waals surface area contributed by atoms with Gasteiger partial charge in [0.15, 0.2) is 18.5 Å². The number of ether oxygens (including phenoxy) is 7. The summed E-state index contributed by atoms with van der Waals surface area (Å²) in [5, 5.41) is 5.63. The molecule has 2 rings (SSSR count). The highest BCUT2D eigenvalue weighted by Gasteiger charge is 2.52. The molecule has 1 aliphatic rings. The van der Waals surface area contributed by atoms with Gasteiger partial charge in [-0.3, -0.25) is 33.6 Å². The van der Waals surface area contributed by atoms with Crippen LogP contribution in [0.1, 0.15) is 82.5 Å². The number of esters is 5. The third-order valence-electron chi connectivity index (χ3n) is 7.50. The molecule has 278 valence electrons. The first kappa shape index (κ1) is 41.6. The Hall–Kier alpha value is -4.57. The van der Waals surface area contributed by atoms with Gasteiger partial charge < -0.3 is 43.8 Å². The van der Waals surface area contributed by atoms with Gasteiger partial charge in [0.05, 0.1) is 33.2 Å². The summed E-state index contributed by atoms with van der Waals surface area (Å²) < 4.78 is 37.6. The van der Waals surface area contributed by atoms with Crippen molar-refractivity contribution in [3.63, 3.8) is 0 Å². The van der Waals surface area contributed by atoms with Crippen LogP contribution in [0.4, 0.5) is 0 Å². The van der Waals surface area contributed by atoms with Crippen molar-refractivity contribution < 1.29 is 66.7 Å². The SMILES string of the molecule is COC(=O)CC(CC(=O)OC)O[C@H]1O[C@H](COC(C)=O)[C@@H](OC(C)=O)[C@H](OC(C)=O)[C@H]1NC(=O)CCCCCCCNC(=O)c1ccccc1. The van der Waals surface area contributed by atoms with Gasteiger partial charge in [0.1, 0.15) is 18.8 Å². The van der Waals surface area contributed by atoms with Gasteiger partial charge in [0, 0.05) is 39.3 Å². The van der Waals surface area contributed by atoms with Gasteiger partial charge in [-0.15, -0.1) is 0 Å². The zero-order chi connectivity index (χ0) is 37.1. The van der Waals surface area contributed by atoms with E-state index in [2.05, 4.69) is 10.6 Å². The van der Waals surface area contributed by atoms with E-state index in [-0.39, 0.29) is 12.3 Å². The summed E-state index contributed by atoms with van der Waals surface area (Å²) >= 11 is 0. The molecule has 2 N–H and O–H groups in total. The second-order valence-electron chi connectivity index (χ2n) is 11.5. The number of benzene rings is 1. The summed E-state index contributed by atoms with van der Waals surface area (Å²) in [5.41, 5.74) is 0.590. The summed E-state index contributed by atoms with van der Waals surface area (Å²) in [6, 6.07) is 7.60. The largest absolute Gasteiger partial charge is 0.469 e. The molecule has 50 heavy (non-hydrogen) atoms. The molecule has 0 spiro atoms. The van der Waals surface area contributed by atoms with E-state index < -0.39 is 91.9 Å². The number of amides is 2. The average Bonchev–Trinajstić information content (AvgIpc) is 3.07. The molecule has 0 aliphatic carbocycles. The van der Waals surface area contributed by atoms with Gasteiger partial charge in [0.2, 0.25) is 5.91 Å². The number of methoxy groups -OCH3 is 2. The van der Waals surface area contributed by atoms with E-state index in [1.54, 1.807) is 24.3 Å². The Balaban J connectivity index is 2.15. The van der Waals surface area contributed by atoms with Crippen LogP contribution in [0, 0.1) is 0 Å². The van der Waals surface area contributed by atoms with Crippen LogP contribution in [-0.4, -0.2) is 106 Å². The number of rotatable bonds is 20. The molecule has 1 fully saturated rings.